The number of nitrogens with zero attached hydrogens (tertiary/aromatic N) is 2. The van der Waals surface area contributed by atoms with E-state index in [0.29, 0.717) is 5.56 Å². The molecule has 14 heavy (non-hydrogen) atoms. The van der Waals surface area contributed by atoms with Crippen LogP contribution in [0.5, 0.6) is 0 Å². The second-order valence-corrected chi connectivity index (χ2v) is 3.75. The van der Waals surface area contributed by atoms with Gasteiger partial charge in [0.1, 0.15) is 0 Å². The molecule has 0 aliphatic heterocycles. The summed E-state index contributed by atoms with van der Waals surface area (Å²) in [6, 6.07) is 9.22. The van der Waals surface area contributed by atoms with Crippen LogP contribution in [0.4, 0.5) is 0 Å². The Morgan fingerprint density at radius 1 is 1.36 bits per heavy atom. The maximum atomic E-state index is 11.1. The smallest absolute Gasteiger partial charge is 0.222 e. The Balaban J connectivity index is 2.46. The number of hydrogen-bond donors (Lipinski definition) is 0. The number of carbonyl (C=O) groups excluding carboxylic acids is 1. The van der Waals surface area contributed by atoms with Crippen LogP contribution in [-0.2, 0) is 0 Å². The van der Waals surface area contributed by atoms with Crippen LogP contribution in [0, 0.1) is 0 Å². The van der Waals surface area contributed by atoms with Crippen LogP contribution in [0.15, 0.2) is 42.7 Å². The molecule has 1 aromatic carbocycles. The average molecular weight is 298 g/mol. The van der Waals surface area contributed by atoms with Gasteiger partial charge in [-0.2, -0.15) is 5.10 Å². The first-order valence-electron chi connectivity index (χ1n) is 4.07. The highest BCUT2D eigenvalue weighted by Crippen LogP contribution is 2.12. The van der Waals surface area contributed by atoms with Crippen molar-refractivity contribution in [1.82, 2.24) is 9.78 Å². The Hall–Kier alpha value is -1.17. The van der Waals surface area contributed by atoms with E-state index in [1.165, 1.54) is 0 Å². The third-order valence-corrected chi connectivity index (χ3v) is 2.46. The minimum absolute atomic E-state index is 0.0385. The zero-order chi connectivity index (χ0) is 9.97. The first-order chi connectivity index (χ1) is 6.77. The lowest BCUT2D eigenvalue weighted by Crippen LogP contribution is -1.96. The quantitative estimate of drug-likeness (QED) is 0.630. The summed E-state index contributed by atoms with van der Waals surface area (Å²) >= 11 is 1.77. The van der Waals surface area contributed by atoms with Gasteiger partial charge < -0.3 is 0 Å². The highest BCUT2D eigenvalue weighted by atomic mass is 127. The Kier molecular flexibility index (Phi) is 2.62. The molecule has 3 nitrogen and oxygen atoms in total. The maximum Gasteiger partial charge on any atom is 0.222 e. The third-order valence-electron chi connectivity index (χ3n) is 1.84. The summed E-state index contributed by atoms with van der Waals surface area (Å²) in [6.07, 6.45) is 3.55. The first kappa shape index (κ1) is 9.39. The van der Waals surface area contributed by atoms with Crippen LogP contribution in [0.2, 0.25) is 0 Å². The van der Waals surface area contributed by atoms with E-state index in [1.807, 2.05) is 30.5 Å². The molecule has 0 unspecified atom stereocenters. The van der Waals surface area contributed by atoms with Gasteiger partial charge in [0, 0.05) is 40.5 Å². The van der Waals surface area contributed by atoms with Crippen LogP contribution in [-0.4, -0.2) is 13.6 Å². The molecular formula is C10H7IN2O. The first-order valence-corrected chi connectivity index (χ1v) is 5.15. The van der Waals surface area contributed by atoms with E-state index in [4.69, 9.17) is 0 Å². The van der Waals surface area contributed by atoms with Gasteiger partial charge in [-0.25, -0.2) is 4.68 Å². The highest BCUT2D eigenvalue weighted by Gasteiger charge is 2.02. The van der Waals surface area contributed by atoms with Gasteiger partial charge in [0.15, 0.2) is 0 Å². The fourth-order valence-electron chi connectivity index (χ4n) is 1.19. The van der Waals surface area contributed by atoms with Crippen molar-refractivity contribution < 1.29 is 4.79 Å². The topological polar surface area (TPSA) is 34.9 Å². The van der Waals surface area contributed by atoms with Gasteiger partial charge in [-0.1, -0.05) is 12.1 Å². The number of aromatic nitrogens is 2. The molecule has 0 saturated carbocycles. The van der Waals surface area contributed by atoms with Crippen molar-refractivity contribution in [3.05, 3.63) is 48.3 Å². The summed E-state index contributed by atoms with van der Waals surface area (Å²) in [4.78, 5) is 11.1. The van der Waals surface area contributed by atoms with Gasteiger partial charge in [-0.3, -0.25) is 4.79 Å². The number of rotatable bonds is 2. The number of carbonyl (C=O) groups is 1. The van der Waals surface area contributed by atoms with Gasteiger partial charge in [0.05, 0.1) is 5.69 Å². The minimum atomic E-state index is 0.0385. The van der Waals surface area contributed by atoms with E-state index in [2.05, 4.69) is 5.10 Å². The second-order valence-electron chi connectivity index (χ2n) is 2.77. The largest absolute Gasteiger partial charge is 0.282 e. The lowest BCUT2D eigenvalue weighted by Gasteiger charge is -2.01. The van der Waals surface area contributed by atoms with E-state index >= 15 is 0 Å². The fraction of sp³-hybridized carbons (Fsp3) is 0. The average Bonchev–Trinajstić information content (AvgIpc) is 2.71. The molecule has 0 bridgehead atoms. The van der Waals surface area contributed by atoms with Crippen LogP contribution in [0.25, 0.3) is 5.69 Å². The van der Waals surface area contributed by atoms with Crippen molar-refractivity contribution >= 4 is 26.4 Å². The van der Waals surface area contributed by atoms with Crippen LogP contribution in [0.1, 0.15) is 10.4 Å². The van der Waals surface area contributed by atoms with Gasteiger partial charge >= 0.3 is 0 Å². The SMILES string of the molecule is O=C(I)c1cccc(-n2cccn2)c1. The molecule has 2 rings (SSSR count). The fourth-order valence-corrected chi connectivity index (χ4v) is 1.53. The summed E-state index contributed by atoms with van der Waals surface area (Å²) in [7, 11) is 0. The van der Waals surface area contributed by atoms with Gasteiger partial charge in [0.2, 0.25) is 3.79 Å². The monoisotopic (exact) mass is 298 g/mol. The summed E-state index contributed by atoms with van der Waals surface area (Å²) < 4.78 is 1.76. The van der Waals surface area contributed by atoms with Crippen molar-refractivity contribution in [2.24, 2.45) is 0 Å². The van der Waals surface area contributed by atoms with Gasteiger partial charge in [0.25, 0.3) is 0 Å². The lowest BCUT2D eigenvalue weighted by molar-refractivity contribution is 0.110. The Morgan fingerprint density at radius 2 is 2.21 bits per heavy atom. The second kappa shape index (κ2) is 3.91. The third kappa shape index (κ3) is 1.84. The van der Waals surface area contributed by atoms with Crippen molar-refractivity contribution in [2.45, 2.75) is 0 Å². The molecular weight excluding hydrogens is 291 g/mol. The Morgan fingerprint density at radius 3 is 2.86 bits per heavy atom. The normalized spacial score (nSPS) is 10.1. The standard InChI is InChI=1S/C10H7IN2O/c11-10(14)8-3-1-4-9(7-8)13-6-2-5-12-13/h1-7H. The van der Waals surface area contributed by atoms with E-state index < -0.39 is 0 Å². The minimum Gasteiger partial charge on any atom is -0.282 e. The summed E-state index contributed by atoms with van der Waals surface area (Å²) in [5.74, 6) is 0. The molecule has 0 radical (unpaired) electrons. The molecule has 1 aromatic heterocycles. The molecule has 0 fully saturated rings. The molecule has 0 spiro atoms. The maximum absolute atomic E-state index is 11.1. The van der Waals surface area contributed by atoms with Crippen molar-refractivity contribution in [1.29, 1.82) is 0 Å². The summed E-state index contributed by atoms with van der Waals surface area (Å²) in [5.41, 5.74) is 1.59. The summed E-state index contributed by atoms with van der Waals surface area (Å²) in [5, 5.41) is 4.09. The molecule has 0 aliphatic carbocycles. The molecule has 0 saturated heterocycles. The van der Waals surface area contributed by atoms with E-state index in [9.17, 15) is 4.79 Å². The summed E-state index contributed by atoms with van der Waals surface area (Å²) in [6.45, 7) is 0. The molecule has 0 amide bonds. The van der Waals surface area contributed by atoms with Crippen LogP contribution >= 0.6 is 22.6 Å². The zero-order valence-corrected chi connectivity index (χ0v) is 9.38. The molecule has 1 heterocycles. The molecule has 0 aliphatic rings. The number of hydrogen-bond acceptors (Lipinski definition) is 2. The van der Waals surface area contributed by atoms with Crippen molar-refractivity contribution in [2.75, 3.05) is 0 Å². The number of halogens is 1. The lowest BCUT2D eigenvalue weighted by atomic mass is 10.2. The number of benzene rings is 1. The predicted molar refractivity (Wildman–Crippen MR) is 61.9 cm³/mol. The van der Waals surface area contributed by atoms with Crippen LogP contribution < -0.4 is 0 Å². The molecule has 2 aromatic rings. The van der Waals surface area contributed by atoms with E-state index in [0.717, 1.165) is 5.69 Å². The molecule has 0 atom stereocenters. The van der Waals surface area contributed by atoms with Crippen molar-refractivity contribution in [3.63, 3.8) is 0 Å². The van der Waals surface area contributed by atoms with Gasteiger partial charge in [-0.05, 0) is 18.2 Å². The Labute approximate surface area is 94.9 Å². The molecule has 0 N–H and O–H groups in total. The van der Waals surface area contributed by atoms with Crippen molar-refractivity contribution in [3.8, 4) is 5.69 Å². The highest BCUT2D eigenvalue weighted by molar-refractivity contribution is 14.1. The van der Waals surface area contributed by atoms with Gasteiger partial charge in [-0.15, -0.1) is 0 Å². The predicted octanol–water partition coefficient (Wildman–Crippen LogP) is 2.45. The van der Waals surface area contributed by atoms with Crippen LogP contribution in [0.3, 0.4) is 0 Å². The van der Waals surface area contributed by atoms with E-state index in [1.54, 1.807) is 39.5 Å². The Bertz CT molecular complexity index is 451. The molecule has 70 valence electrons. The zero-order valence-electron chi connectivity index (χ0n) is 7.22. The van der Waals surface area contributed by atoms with E-state index in [-0.39, 0.29) is 3.79 Å². The molecule has 4 heteroatoms.